The number of benzene rings is 2. The highest BCUT2D eigenvalue weighted by Crippen LogP contribution is 2.23. The number of hydrogen-bond donors (Lipinski definition) is 1. The average Bonchev–Trinajstić information content (AvgIpc) is 3.19. The van der Waals surface area contributed by atoms with Crippen LogP contribution in [0.5, 0.6) is 0 Å². The molecule has 0 unspecified atom stereocenters. The van der Waals surface area contributed by atoms with Gasteiger partial charge in [0.15, 0.2) is 0 Å². The minimum absolute atomic E-state index is 0.117. The maximum Gasteiger partial charge on any atom is 0.251 e. The van der Waals surface area contributed by atoms with E-state index in [0.29, 0.717) is 18.5 Å². The molecule has 2 heterocycles. The first-order valence-electron chi connectivity index (χ1n) is 10.2. The van der Waals surface area contributed by atoms with Crippen LogP contribution >= 0.6 is 0 Å². The molecule has 5 nitrogen and oxygen atoms in total. The SMILES string of the molecule is O=C(NCc1ccc(N2CCCCC2)cc1)c1cccc(N2CCCC2=O)c1. The van der Waals surface area contributed by atoms with Gasteiger partial charge in [-0.3, -0.25) is 9.59 Å². The monoisotopic (exact) mass is 377 g/mol. The predicted octanol–water partition coefficient (Wildman–Crippen LogP) is 3.73. The Morgan fingerprint density at radius 1 is 0.893 bits per heavy atom. The van der Waals surface area contributed by atoms with E-state index >= 15 is 0 Å². The number of nitrogens with zero attached hydrogens (tertiary/aromatic N) is 2. The Bertz CT molecular complexity index is 841. The molecule has 2 fully saturated rings. The van der Waals surface area contributed by atoms with Crippen molar-refractivity contribution in [2.75, 3.05) is 29.4 Å². The van der Waals surface area contributed by atoms with Crippen molar-refractivity contribution in [2.45, 2.75) is 38.6 Å². The Hall–Kier alpha value is -2.82. The van der Waals surface area contributed by atoms with Gasteiger partial charge in [-0.05, 0) is 61.6 Å². The second kappa shape index (κ2) is 8.46. The first-order chi connectivity index (χ1) is 13.7. The zero-order valence-corrected chi connectivity index (χ0v) is 16.2. The molecule has 2 saturated heterocycles. The van der Waals surface area contributed by atoms with E-state index in [1.807, 2.05) is 12.1 Å². The van der Waals surface area contributed by atoms with Crippen LogP contribution in [0.2, 0.25) is 0 Å². The van der Waals surface area contributed by atoms with Crippen molar-refractivity contribution >= 4 is 23.2 Å². The van der Waals surface area contributed by atoms with Crippen LogP contribution in [0.15, 0.2) is 48.5 Å². The first-order valence-corrected chi connectivity index (χ1v) is 10.2. The molecule has 2 aromatic rings. The van der Waals surface area contributed by atoms with E-state index in [9.17, 15) is 9.59 Å². The zero-order valence-electron chi connectivity index (χ0n) is 16.2. The summed E-state index contributed by atoms with van der Waals surface area (Å²) in [5.41, 5.74) is 3.74. The van der Waals surface area contributed by atoms with Crippen LogP contribution < -0.4 is 15.1 Å². The van der Waals surface area contributed by atoms with E-state index in [4.69, 9.17) is 0 Å². The Morgan fingerprint density at radius 3 is 2.39 bits per heavy atom. The number of carbonyl (C=O) groups is 2. The lowest BCUT2D eigenvalue weighted by atomic mass is 10.1. The fourth-order valence-electron chi connectivity index (χ4n) is 4.00. The van der Waals surface area contributed by atoms with Crippen LogP contribution in [0.3, 0.4) is 0 Å². The summed E-state index contributed by atoms with van der Waals surface area (Å²) >= 11 is 0. The number of anilines is 2. The molecule has 4 rings (SSSR count). The molecule has 0 aromatic heterocycles. The fourth-order valence-corrected chi connectivity index (χ4v) is 4.00. The average molecular weight is 377 g/mol. The third-order valence-electron chi connectivity index (χ3n) is 5.60. The van der Waals surface area contributed by atoms with Gasteiger partial charge in [-0.25, -0.2) is 0 Å². The van der Waals surface area contributed by atoms with Crippen LogP contribution in [0.1, 0.15) is 48.0 Å². The molecule has 2 amide bonds. The van der Waals surface area contributed by atoms with Crippen molar-refractivity contribution < 1.29 is 9.59 Å². The van der Waals surface area contributed by atoms with E-state index in [0.717, 1.165) is 37.3 Å². The molecule has 0 aliphatic carbocycles. The fraction of sp³-hybridized carbons (Fsp3) is 0.391. The summed E-state index contributed by atoms with van der Waals surface area (Å²) < 4.78 is 0. The highest BCUT2D eigenvalue weighted by molar-refractivity contribution is 5.99. The Morgan fingerprint density at radius 2 is 1.68 bits per heavy atom. The summed E-state index contributed by atoms with van der Waals surface area (Å²) in [7, 11) is 0. The maximum absolute atomic E-state index is 12.6. The molecule has 0 saturated carbocycles. The molecular formula is C23H27N3O2. The van der Waals surface area contributed by atoms with Crippen LogP contribution in [0.25, 0.3) is 0 Å². The molecule has 146 valence electrons. The maximum atomic E-state index is 12.6. The molecule has 0 bridgehead atoms. The highest BCUT2D eigenvalue weighted by atomic mass is 16.2. The third-order valence-corrected chi connectivity index (χ3v) is 5.60. The van der Waals surface area contributed by atoms with Crippen molar-refractivity contribution in [1.82, 2.24) is 5.32 Å². The molecule has 2 aromatic carbocycles. The van der Waals surface area contributed by atoms with Gasteiger partial charge in [0.05, 0.1) is 0 Å². The lowest BCUT2D eigenvalue weighted by Crippen LogP contribution is -2.29. The molecule has 0 radical (unpaired) electrons. The van der Waals surface area contributed by atoms with E-state index in [1.165, 1.54) is 24.9 Å². The summed E-state index contributed by atoms with van der Waals surface area (Å²) in [5, 5.41) is 2.99. The quantitative estimate of drug-likeness (QED) is 0.864. The lowest BCUT2D eigenvalue weighted by Gasteiger charge is -2.28. The van der Waals surface area contributed by atoms with E-state index in [2.05, 4.69) is 34.5 Å². The molecule has 0 spiro atoms. The Kier molecular flexibility index (Phi) is 5.60. The Labute approximate surface area is 166 Å². The standard InChI is InChI=1S/C23H27N3O2/c27-22-8-5-15-26(22)21-7-4-6-19(16-21)23(28)24-17-18-9-11-20(12-10-18)25-13-2-1-3-14-25/h4,6-7,9-12,16H,1-3,5,8,13-15,17H2,(H,24,28). The zero-order chi connectivity index (χ0) is 19.3. The topological polar surface area (TPSA) is 52.7 Å². The summed E-state index contributed by atoms with van der Waals surface area (Å²) in [6.45, 7) is 3.48. The highest BCUT2D eigenvalue weighted by Gasteiger charge is 2.22. The normalized spacial score (nSPS) is 17.1. The van der Waals surface area contributed by atoms with Crippen molar-refractivity contribution in [3.63, 3.8) is 0 Å². The van der Waals surface area contributed by atoms with Gasteiger partial charge < -0.3 is 15.1 Å². The molecule has 28 heavy (non-hydrogen) atoms. The van der Waals surface area contributed by atoms with Gasteiger partial charge in [0, 0.05) is 49.5 Å². The number of amides is 2. The van der Waals surface area contributed by atoms with E-state index in [-0.39, 0.29) is 11.8 Å². The molecule has 0 atom stereocenters. The second-order valence-electron chi connectivity index (χ2n) is 7.60. The number of carbonyl (C=O) groups excluding carboxylic acids is 2. The second-order valence-corrected chi connectivity index (χ2v) is 7.60. The van der Waals surface area contributed by atoms with Crippen molar-refractivity contribution in [3.8, 4) is 0 Å². The number of hydrogen-bond acceptors (Lipinski definition) is 3. The van der Waals surface area contributed by atoms with Crippen molar-refractivity contribution in [3.05, 3.63) is 59.7 Å². The molecule has 1 N–H and O–H groups in total. The minimum atomic E-state index is -0.117. The summed E-state index contributed by atoms with van der Waals surface area (Å²) in [6, 6.07) is 15.8. The van der Waals surface area contributed by atoms with E-state index in [1.54, 1.807) is 17.0 Å². The number of piperidine rings is 1. The van der Waals surface area contributed by atoms with Gasteiger partial charge >= 0.3 is 0 Å². The van der Waals surface area contributed by atoms with Crippen LogP contribution in [0, 0.1) is 0 Å². The summed E-state index contributed by atoms with van der Waals surface area (Å²) in [6.07, 6.45) is 5.32. The smallest absolute Gasteiger partial charge is 0.251 e. The largest absolute Gasteiger partial charge is 0.372 e. The van der Waals surface area contributed by atoms with Crippen LogP contribution in [0.4, 0.5) is 11.4 Å². The van der Waals surface area contributed by atoms with Crippen LogP contribution in [-0.2, 0) is 11.3 Å². The van der Waals surface area contributed by atoms with Gasteiger partial charge in [-0.2, -0.15) is 0 Å². The van der Waals surface area contributed by atoms with Crippen LogP contribution in [-0.4, -0.2) is 31.4 Å². The third kappa shape index (κ3) is 4.19. The van der Waals surface area contributed by atoms with Gasteiger partial charge in [0.2, 0.25) is 5.91 Å². The number of rotatable bonds is 5. The van der Waals surface area contributed by atoms with Gasteiger partial charge in [0.25, 0.3) is 5.91 Å². The van der Waals surface area contributed by atoms with Crippen molar-refractivity contribution in [1.29, 1.82) is 0 Å². The minimum Gasteiger partial charge on any atom is -0.372 e. The molecular weight excluding hydrogens is 350 g/mol. The predicted molar refractivity (Wildman–Crippen MR) is 112 cm³/mol. The number of nitrogens with one attached hydrogen (secondary N) is 1. The van der Waals surface area contributed by atoms with E-state index < -0.39 is 0 Å². The lowest BCUT2D eigenvalue weighted by molar-refractivity contribution is -0.117. The van der Waals surface area contributed by atoms with Gasteiger partial charge in [-0.15, -0.1) is 0 Å². The molecule has 5 heteroatoms. The summed E-state index contributed by atoms with van der Waals surface area (Å²) in [4.78, 5) is 28.7. The van der Waals surface area contributed by atoms with Gasteiger partial charge in [-0.1, -0.05) is 18.2 Å². The first kappa shape index (κ1) is 18.5. The van der Waals surface area contributed by atoms with Gasteiger partial charge in [0.1, 0.15) is 0 Å². The Balaban J connectivity index is 1.36. The summed E-state index contributed by atoms with van der Waals surface area (Å²) in [5.74, 6) is 0.0138. The van der Waals surface area contributed by atoms with Crippen molar-refractivity contribution in [2.24, 2.45) is 0 Å². The molecule has 2 aliphatic rings. The molecule has 2 aliphatic heterocycles.